The summed E-state index contributed by atoms with van der Waals surface area (Å²) < 4.78 is 0. The second-order valence-electron chi connectivity index (χ2n) is 3.64. The van der Waals surface area contributed by atoms with Crippen molar-refractivity contribution in [3.8, 4) is 29.4 Å². The molecule has 0 fully saturated rings. The molecule has 0 aliphatic rings. The lowest BCUT2D eigenvalue weighted by Crippen LogP contribution is -1.84. The average molecular weight is 233 g/mol. The standard InChI is InChI=1S/C16H11NO/c17-15-11-10-14(16(18)12-15)9-5-4-8-13-6-2-1-3-7-13/h1-3,6-7,10-12,18H,17H2. The van der Waals surface area contributed by atoms with E-state index in [-0.39, 0.29) is 5.75 Å². The van der Waals surface area contributed by atoms with Crippen molar-refractivity contribution in [2.24, 2.45) is 0 Å². The zero-order valence-corrected chi connectivity index (χ0v) is 9.64. The third-order valence-corrected chi connectivity index (χ3v) is 2.26. The van der Waals surface area contributed by atoms with E-state index in [1.807, 2.05) is 30.3 Å². The molecule has 18 heavy (non-hydrogen) atoms. The molecule has 0 saturated heterocycles. The van der Waals surface area contributed by atoms with Crippen LogP contribution < -0.4 is 5.73 Å². The summed E-state index contributed by atoms with van der Waals surface area (Å²) >= 11 is 0. The minimum Gasteiger partial charge on any atom is -0.507 e. The molecule has 0 atom stereocenters. The van der Waals surface area contributed by atoms with Crippen molar-refractivity contribution >= 4 is 5.69 Å². The SMILES string of the molecule is Nc1ccc(C#CC#Cc2ccccc2)c(O)c1. The highest BCUT2D eigenvalue weighted by molar-refractivity contribution is 5.55. The van der Waals surface area contributed by atoms with E-state index in [0.717, 1.165) is 5.56 Å². The van der Waals surface area contributed by atoms with Gasteiger partial charge in [0.05, 0.1) is 5.56 Å². The Bertz CT molecular complexity index is 667. The summed E-state index contributed by atoms with van der Waals surface area (Å²) in [4.78, 5) is 0. The smallest absolute Gasteiger partial charge is 0.133 e. The summed E-state index contributed by atoms with van der Waals surface area (Å²) in [6.07, 6.45) is 0. The first kappa shape index (κ1) is 11.6. The van der Waals surface area contributed by atoms with E-state index in [9.17, 15) is 5.11 Å². The van der Waals surface area contributed by atoms with Crippen LogP contribution in [0.1, 0.15) is 11.1 Å². The zero-order chi connectivity index (χ0) is 12.8. The van der Waals surface area contributed by atoms with Crippen LogP contribution >= 0.6 is 0 Å². The number of phenolic OH excluding ortho intramolecular Hbond substituents is 1. The summed E-state index contributed by atoms with van der Waals surface area (Å²) in [6, 6.07) is 14.4. The quantitative estimate of drug-likeness (QED) is 0.542. The molecule has 0 spiro atoms. The summed E-state index contributed by atoms with van der Waals surface area (Å²) in [5.41, 5.74) is 7.46. The molecule has 0 unspecified atom stereocenters. The van der Waals surface area contributed by atoms with Gasteiger partial charge in [-0.25, -0.2) is 0 Å². The van der Waals surface area contributed by atoms with E-state index in [4.69, 9.17) is 5.73 Å². The molecule has 0 aliphatic carbocycles. The minimum absolute atomic E-state index is 0.0732. The fourth-order valence-corrected chi connectivity index (χ4v) is 1.38. The Morgan fingerprint density at radius 1 is 0.889 bits per heavy atom. The van der Waals surface area contributed by atoms with Crippen LogP contribution in [0.2, 0.25) is 0 Å². The number of nitrogens with two attached hydrogens (primary N) is 1. The summed E-state index contributed by atoms with van der Waals surface area (Å²) in [6.45, 7) is 0. The van der Waals surface area contributed by atoms with Crippen LogP contribution in [0.15, 0.2) is 48.5 Å². The first-order valence-electron chi connectivity index (χ1n) is 5.41. The highest BCUT2D eigenvalue weighted by Gasteiger charge is 1.96. The van der Waals surface area contributed by atoms with Gasteiger partial charge in [-0.1, -0.05) is 24.1 Å². The number of hydrogen-bond acceptors (Lipinski definition) is 2. The summed E-state index contributed by atoms with van der Waals surface area (Å²) in [5, 5.41) is 9.58. The maximum Gasteiger partial charge on any atom is 0.133 e. The number of hydrogen-bond donors (Lipinski definition) is 2. The van der Waals surface area contributed by atoms with Gasteiger partial charge in [0.2, 0.25) is 0 Å². The average Bonchev–Trinajstić information content (AvgIpc) is 2.38. The summed E-state index contributed by atoms with van der Waals surface area (Å²) in [5.74, 6) is 11.2. The van der Waals surface area contributed by atoms with E-state index in [0.29, 0.717) is 11.3 Å². The van der Waals surface area contributed by atoms with Crippen molar-refractivity contribution in [2.75, 3.05) is 5.73 Å². The molecule has 3 N–H and O–H groups in total. The molecular weight excluding hydrogens is 222 g/mol. The van der Waals surface area contributed by atoms with E-state index >= 15 is 0 Å². The van der Waals surface area contributed by atoms with Gasteiger partial charge < -0.3 is 10.8 Å². The Morgan fingerprint density at radius 2 is 1.61 bits per heavy atom. The Balaban J connectivity index is 2.17. The van der Waals surface area contributed by atoms with Gasteiger partial charge in [0, 0.05) is 17.3 Å². The van der Waals surface area contributed by atoms with Crippen molar-refractivity contribution in [3.63, 3.8) is 0 Å². The fraction of sp³-hybridized carbons (Fsp3) is 0. The molecule has 86 valence electrons. The monoisotopic (exact) mass is 233 g/mol. The molecular formula is C16H11NO. The van der Waals surface area contributed by atoms with Crippen LogP contribution in [0.5, 0.6) is 5.75 Å². The van der Waals surface area contributed by atoms with E-state index in [1.165, 1.54) is 6.07 Å². The highest BCUT2D eigenvalue weighted by atomic mass is 16.3. The van der Waals surface area contributed by atoms with Gasteiger partial charge in [0.25, 0.3) is 0 Å². The van der Waals surface area contributed by atoms with Crippen LogP contribution in [0, 0.1) is 23.7 Å². The number of benzene rings is 2. The molecule has 2 aromatic carbocycles. The van der Waals surface area contributed by atoms with E-state index in [1.54, 1.807) is 12.1 Å². The Labute approximate surface area is 106 Å². The van der Waals surface area contributed by atoms with Crippen LogP contribution in [-0.4, -0.2) is 5.11 Å². The van der Waals surface area contributed by atoms with Crippen molar-refractivity contribution < 1.29 is 5.11 Å². The lowest BCUT2D eigenvalue weighted by atomic mass is 10.2. The lowest BCUT2D eigenvalue weighted by molar-refractivity contribution is 0.474. The number of rotatable bonds is 0. The normalized spacial score (nSPS) is 8.67. The molecule has 0 bridgehead atoms. The molecule has 0 aromatic heterocycles. The number of aromatic hydroxyl groups is 1. The maximum atomic E-state index is 9.58. The molecule has 0 amide bonds. The third-order valence-electron chi connectivity index (χ3n) is 2.26. The molecule has 0 saturated carbocycles. The van der Waals surface area contributed by atoms with E-state index in [2.05, 4.69) is 23.7 Å². The molecule has 0 aliphatic heterocycles. The first-order chi connectivity index (χ1) is 8.75. The van der Waals surface area contributed by atoms with Gasteiger partial charge in [-0.15, -0.1) is 0 Å². The van der Waals surface area contributed by atoms with Crippen LogP contribution in [0.25, 0.3) is 0 Å². The Morgan fingerprint density at radius 3 is 2.33 bits per heavy atom. The second-order valence-corrected chi connectivity index (χ2v) is 3.64. The molecule has 2 heteroatoms. The van der Waals surface area contributed by atoms with Gasteiger partial charge in [-0.05, 0) is 42.0 Å². The Kier molecular flexibility index (Phi) is 3.54. The van der Waals surface area contributed by atoms with E-state index < -0.39 is 0 Å². The highest BCUT2D eigenvalue weighted by Crippen LogP contribution is 2.18. The van der Waals surface area contributed by atoms with Gasteiger partial charge in [0.15, 0.2) is 0 Å². The summed E-state index contributed by atoms with van der Waals surface area (Å²) in [7, 11) is 0. The lowest BCUT2D eigenvalue weighted by Gasteiger charge is -1.96. The van der Waals surface area contributed by atoms with Crippen molar-refractivity contribution in [1.82, 2.24) is 0 Å². The second kappa shape index (κ2) is 5.48. The van der Waals surface area contributed by atoms with Gasteiger partial charge in [0.1, 0.15) is 5.75 Å². The first-order valence-corrected chi connectivity index (χ1v) is 5.41. The van der Waals surface area contributed by atoms with Gasteiger partial charge in [-0.3, -0.25) is 0 Å². The van der Waals surface area contributed by atoms with Crippen LogP contribution in [-0.2, 0) is 0 Å². The van der Waals surface area contributed by atoms with Crippen LogP contribution in [0.4, 0.5) is 5.69 Å². The van der Waals surface area contributed by atoms with Crippen LogP contribution in [0.3, 0.4) is 0 Å². The zero-order valence-electron chi connectivity index (χ0n) is 9.64. The molecule has 2 aromatic rings. The fourth-order valence-electron chi connectivity index (χ4n) is 1.38. The molecule has 2 nitrogen and oxygen atoms in total. The van der Waals surface area contributed by atoms with Crippen molar-refractivity contribution in [2.45, 2.75) is 0 Å². The van der Waals surface area contributed by atoms with Crippen molar-refractivity contribution in [1.29, 1.82) is 0 Å². The Hall–Kier alpha value is -2.84. The minimum atomic E-state index is 0.0732. The van der Waals surface area contributed by atoms with Gasteiger partial charge >= 0.3 is 0 Å². The van der Waals surface area contributed by atoms with Crippen molar-refractivity contribution in [3.05, 3.63) is 59.7 Å². The number of nitrogen functional groups attached to an aromatic ring is 1. The molecule has 0 radical (unpaired) electrons. The predicted molar refractivity (Wildman–Crippen MR) is 72.7 cm³/mol. The number of anilines is 1. The largest absolute Gasteiger partial charge is 0.507 e. The topological polar surface area (TPSA) is 46.2 Å². The van der Waals surface area contributed by atoms with Gasteiger partial charge in [-0.2, -0.15) is 0 Å². The molecule has 2 rings (SSSR count). The maximum absolute atomic E-state index is 9.58. The predicted octanol–water partition coefficient (Wildman–Crippen LogP) is 2.38. The third kappa shape index (κ3) is 3.07. The molecule has 0 heterocycles. The number of phenols is 1.